The predicted octanol–water partition coefficient (Wildman–Crippen LogP) is 2.06. The van der Waals surface area contributed by atoms with Crippen LogP contribution in [0.2, 0.25) is 0 Å². The highest BCUT2D eigenvalue weighted by atomic mass is 32.2. The first kappa shape index (κ1) is 28.3. The Morgan fingerprint density at radius 2 is 1.76 bits per heavy atom. The normalized spacial score (nSPS) is 22.1. The number of benzene rings is 1. The number of anilines is 1. The minimum atomic E-state index is -4.88. The van der Waals surface area contributed by atoms with Gasteiger partial charge in [-0.05, 0) is 36.1 Å². The Balaban J connectivity index is 1.65. The lowest BCUT2D eigenvalue weighted by Gasteiger charge is -2.45. The standard InChI is InChI=1S/C22H28F3N3O6S3/c1-21(29,22(23,24)25)16-5-7-17(8-6-16)27-10-9-26(37(32,33)20-4-3-11-35-20)12-18(27)13-28(36(2,30)31)19-14-34-15-19/h3-8,11,18-19,29H,9-10,12-15H2,1-2H3/t18-,21-/m1/s1. The van der Waals surface area contributed by atoms with Crippen molar-refractivity contribution >= 4 is 37.1 Å². The molecule has 0 spiro atoms. The quantitative estimate of drug-likeness (QED) is 0.507. The van der Waals surface area contributed by atoms with Crippen LogP contribution < -0.4 is 4.90 Å². The van der Waals surface area contributed by atoms with E-state index in [1.807, 2.05) is 0 Å². The number of nitrogens with zero attached hydrogens (tertiary/aromatic N) is 3. The molecular weight excluding hydrogens is 555 g/mol. The maximum atomic E-state index is 13.3. The first-order valence-electron chi connectivity index (χ1n) is 11.4. The molecule has 2 aromatic rings. The highest BCUT2D eigenvalue weighted by molar-refractivity contribution is 7.91. The Bertz CT molecular complexity index is 1300. The lowest BCUT2D eigenvalue weighted by Crippen LogP contribution is -2.61. The van der Waals surface area contributed by atoms with E-state index in [0.29, 0.717) is 12.6 Å². The summed E-state index contributed by atoms with van der Waals surface area (Å²) in [5, 5.41) is 11.7. The summed E-state index contributed by atoms with van der Waals surface area (Å²) in [5.41, 5.74) is -2.91. The third-order valence-electron chi connectivity index (χ3n) is 6.69. The van der Waals surface area contributed by atoms with E-state index in [-0.39, 0.29) is 55.2 Å². The van der Waals surface area contributed by atoms with Crippen molar-refractivity contribution in [2.45, 2.75) is 35.0 Å². The van der Waals surface area contributed by atoms with E-state index in [0.717, 1.165) is 17.6 Å². The molecule has 0 saturated carbocycles. The van der Waals surface area contributed by atoms with Crippen LogP contribution in [0.15, 0.2) is 46.0 Å². The summed E-state index contributed by atoms with van der Waals surface area (Å²) in [4.78, 5) is 1.80. The zero-order valence-corrected chi connectivity index (χ0v) is 22.6. The van der Waals surface area contributed by atoms with Crippen LogP contribution in [0.3, 0.4) is 0 Å². The molecule has 0 amide bonds. The van der Waals surface area contributed by atoms with Crippen LogP contribution in [-0.2, 0) is 30.4 Å². The fraction of sp³-hybridized carbons (Fsp3) is 0.545. The van der Waals surface area contributed by atoms with Gasteiger partial charge in [0.05, 0.1) is 31.6 Å². The molecule has 0 bridgehead atoms. The number of hydrogen-bond donors (Lipinski definition) is 1. The Labute approximate surface area is 218 Å². The van der Waals surface area contributed by atoms with E-state index in [2.05, 4.69) is 0 Å². The van der Waals surface area contributed by atoms with Crippen LogP contribution in [0.4, 0.5) is 18.9 Å². The van der Waals surface area contributed by atoms with Gasteiger partial charge in [-0.15, -0.1) is 11.3 Å². The van der Waals surface area contributed by atoms with Gasteiger partial charge in [0.15, 0.2) is 5.60 Å². The molecule has 2 atom stereocenters. The molecule has 2 fully saturated rings. The molecule has 15 heteroatoms. The van der Waals surface area contributed by atoms with Crippen LogP contribution >= 0.6 is 11.3 Å². The van der Waals surface area contributed by atoms with Gasteiger partial charge in [0.25, 0.3) is 10.0 Å². The fourth-order valence-electron chi connectivity index (χ4n) is 4.37. The highest BCUT2D eigenvalue weighted by Crippen LogP contribution is 2.39. The van der Waals surface area contributed by atoms with Gasteiger partial charge in [-0.2, -0.15) is 21.8 Å². The van der Waals surface area contributed by atoms with Crippen LogP contribution in [0, 0.1) is 0 Å². The Morgan fingerprint density at radius 3 is 2.24 bits per heavy atom. The van der Waals surface area contributed by atoms with Crippen LogP contribution in [0.25, 0.3) is 0 Å². The summed E-state index contributed by atoms with van der Waals surface area (Å²) in [6.45, 7) is 1.33. The lowest BCUT2D eigenvalue weighted by atomic mass is 9.95. The lowest BCUT2D eigenvalue weighted by molar-refractivity contribution is -0.258. The molecule has 37 heavy (non-hydrogen) atoms. The van der Waals surface area contributed by atoms with Crippen LogP contribution in [0.1, 0.15) is 12.5 Å². The minimum Gasteiger partial charge on any atom is -0.378 e. The predicted molar refractivity (Wildman–Crippen MR) is 132 cm³/mol. The van der Waals surface area contributed by atoms with Crippen molar-refractivity contribution in [3.8, 4) is 0 Å². The van der Waals surface area contributed by atoms with E-state index >= 15 is 0 Å². The van der Waals surface area contributed by atoms with Crippen LogP contribution in [0.5, 0.6) is 0 Å². The van der Waals surface area contributed by atoms with Crippen LogP contribution in [-0.4, -0.2) is 94.5 Å². The van der Waals surface area contributed by atoms with E-state index in [4.69, 9.17) is 4.74 Å². The summed E-state index contributed by atoms with van der Waals surface area (Å²) in [6, 6.07) is 7.29. The average Bonchev–Trinajstić information content (AvgIpc) is 3.32. The second-order valence-corrected chi connectivity index (χ2v) is 14.3. The molecule has 0 unspecified atom stereocenters. The van der Waals surface area contributed by atoms with E-state index < -0.39 is 37.9 Å². The molecule has 3 heterocycles. The van der Waals surface area contributed by atoms with Gasteiger partial charge in [-0.25, -0.2) is 16.8 Å². The molecule has 0 radical (unpaired) electrons. The number of sulfonamides is 2. The van der Waals surface area contributed by atoms with E-state index in [1.165, 1.54) is 38.9 Å². The smallest absolute Gasteiger partial charge is 0.378 e. The molecule has 2 saturated heterocycles. The molecule has 206 valence electrons. The van der Waals surface area contributed by atoms with Gasteiger partial charge in [0, 0.05) is 31.9 Å². The minimum absolute atomic E-state index is 0.0259. The van der Waals surface area contributed by atoms with Gasteiger partial charge < -0.3 is 14.7 Å². The Kier molecular flexibility index (Phi) is 7.71. The number of piperazine rings is 1. The zero-order valence-electron chi connectivity index (χ0n) is 20.1. The van der Waals surface area contributed by atoms with Crippen molar-refractivity contribution in [2.75, 3.05) is 50.5 Å². The second-order valence-electron chi connectivity index (χ2n) is 9.28. The number of alkyl halides is 3. The van der Waals surface area contributed by atoms with Gasteiger partial charge in [-0.1, -0.05) is 18.2 Å². The third kappa shape index (κ3) is 5.67. The number of ether oxygens (including phenoxy) is 1. The molecule has 2 aliphatic heterocycles. The third-order valence-corrected chi connectivity index (χ3v) is 11.2. The summed E-state index contributed by atoms with van der Waals surface area (Å²) in [7, 11) is -7.47. The molecule has 1 N–H and O–H groups in total. The monoisotopic (exact) mass is 583 g/mol. The average molecular weight is 584 g/mol. The topological polar surface area (TPSA) is 107 Å². The van der Waals surface area contributed by atoms with E-state index in [9.17, 15) is 35.1 Å². The molecule has 1 aromatic carbocycles. The Hall–Kier alpha value is -1.75. The summed E-state index contributed by atoms with van der Waals surface area (Å²) in [6.07, 6.45) is -3.80. The summed E-state index contributed by atoms with van der Waals surface area (Å²) in [5.74, 6) is 0. The van der Waals surface area contributed by atoms with Gasteiger partial charge in [0.2, 0.25) is 10.0 Å². The van der Waals surface area contributed by atoms with Gasteiger partial charge in [-0.3, -0.25) is 0 Å². The maximum absolute atomic E-state index is 13.3. The second kappa shape index (κ2) is 10.1. The van der Waals surface area contributed by atoms with Crippen molar-refractivity contribution in [3.05, 3.63) is 47.3 Å². The fourth-order valence-corrected chi connectivity index (χ4v) is 8.09. The molecule has 1 aromatic heterocycles. The zero-order chi connectivity index (χ0) is 27.2. The molecule has 4 rings (SSSR count). The number of hydrogen-bond acceptors (Lipinski definition) is 8. The number of aliphatic hydroxyl groups is 1. The van der Waals surface area contributed by atoms with Crippen molar-refractivity contribution in [1.29, 1.82) is 0 Å². The van der Waals surface area contributed by atoms with Crippen molar-refractivity contribution in [3.63, 3.8) is 0 Å². The van der Waals surface area contributed by atoms with Crippen molar-refractivity contribution in [2.24, 2.45) is 0 Å². The highest BCUT2D eigenvalue weighted by Gasteiger charge is 2.51. The Morgan fingerprint density at radius 1 is 1.11 bits per heavy atom. The summed E-state index contributed by atoms with van der Waals surface area (Å²) < 4.78 is 99.4. The largest absolute Gasteiger partial charge is 0.421 e. The first-order valence-corrected chi connectivity index (χ1v) is 15.5. The van der Waals surface area contributed by atoms with Crippen molar-refractivity contribution in [1.82, 2.24) is 8.61 Å². The molecule has 0 aliphatic carbocycles. The maximum Gasteiger partial charge on any atom is 0.421 e. The SMILES string of the molecule is C[C@@](O)(c1ccc(N2CCN(S(=O)(=O)c3cccs3)C[C@@H]2CN(C2COC2)S(C)(=O)=O)cc1)C(F)(F)F. The van der Waals surface area contributed by atoms with Gasteiger partial charge >= 0.3 is 6.18 Å². The molecule has 9 nitrogen and oxygen atoms in total. The first-order chi connectivity index (χ1) is 17.1. The summed E-state index contributed by atoms with van der Waals surface area (Å²) >= 11 is 1.08. The number of halogens is 3. The van der Waals surface area contributed by atoms with Gasteiger partial charge in [0.1, 0.15) is 4.21 Å². The molecular formula is C22H28F3N3O6S3. The number of rotatable bonds is 8. The molecule has 2 aliphatic rings. The van der Waals surface area contributed by atoms with E-state index in [1.54, 1.807) is 16.3 Å². The number of thiophene rings is 1. The van der Waals surface area contributed by atoms with Crippen molar-refractivity contribution < 1.29 is 39.9 Å².